The maximum Gasteiger partial charge on any atom is 0.416 e. The molecule has 0 unspecified atom stereocenters. The molecule has 0 aliphatic rings. The van der Waals surface area contributed by atoms with Crippen molar-refractivity contribution in [3.8, 4) is 0 Å². The standard InChI is InChI=1S/C12H14F3NO/c1-2-9(11(16)17)7-8-3-5-10(6-4-8)12(13,14)15/h3-6,9H,2,7H2,1H3,(H2,16,17)/t9-/m1/s1. The summed E-state index contributed by atoms with van der Waals surface area (Å²) in [6.07, 6.45) is -3.37. The largest absolute Gasteiger partial charge is 0.416 e. The van der Waals surface area contributed by atoms with E-state index in [-0.39, 0.29) is 5.92 Å². The van der Waals surface area contributed by atoms with E-state index >= 15 is 0 Å². The lowest BCUT2D eigenvalue weighted by Gasteiger charge is -2.12. The molecule has 0 spiro atoms. The van der Waals surface area contributed by atoms with Crippen LogP contribution in [-0.4, -0.2) is 5.91 Å². The van der Waals surface area contributed by atoms with Gasteiger partial charge >= 0.3 is 6.18 Å². The number of carbonyl (C=O) groups is 1. The molecule has 1 rings (SSSR count). The molecule has 1 aromatic carbocycles. The zero-order chi connectivity index (χ0) is 13.1. The Balaban J connectivity index is 2.78. The van der Waals surface area contributed by atoms with E-state index in [9.17, 15) is 18.0 Å². The topological polar surface area (TPSA) is 43.1 Å². The second-order valence-electron chi connectivity index (χ2n) is 3.91. The van der Waals surface area contributed by atoms with Crippen molar-refractivity contribution < 1.29 is 18.0 Å². The number of amides is 1. The third-order valence-corrected chi connectivity index (χ3v) is 2.66. The zero-order valence-electron chi connectivity index (χ0n) is 9.42. The molecule has 0 bridgehead atoms. The highest BCUT2D eigenvalue weighted by molar-refractivity contribution is 5.76. The summed E-state index contributed by atoms with van der Waals surface area (Å²) >= 11 is 0. The van der Waals surface area contributed by atoms with Crippen molar-refractivity contribution in [2.45, 2.75) is 25.9 Å². The molecule has 0 aliphatic carbocycles. The third-order valence-electron chi connectivity index (χ3n) is 2.66. The maximum absolute atomic E-state index is 12.3. The van der Waals surface area contributed by atoms with Crippen molar-refractivity contribution in [3.63, 3.8) is 0 Å². The van der Waals surface area contributed by atoms with E-state index in [0.29, 0.717) is 18.4 Å². The van der Waals surface area contributed by atoms with Gasteiger partial charge in [-0.25, -0.2) is 0 Å². The van der Waals surface area contributed by atoms with E-state index < -0.39 is 17.6 Å². The first-order chi connectivity index (χ1) is 7.84. The molecule has 2 nitrogen and oxygen atoms in total. The first-order valence-electron chi connectivity index (χ1n) is 5.30. The smallest absolute Gasteiger partial charge is 0.369 e. The molecule has 1 amide bonds. The van der Waals surface area contributed by atoms with Gasteiger partial charge in [0.15, 0.2) is 0 Å². The molecule has 5 heteroatoms. The van der Waals surface area contributed by atoms with Gasteiger partial charge in [0.2, 0.25) is 5.91 Å². The second kappa shape index (κ2) is 5.21. The summed E-state index contributed by atoms with van der Waals surface area (Å²) in [5.74, 6) is -0.751. The van der Waals surface area contributed by atoms with Crippen LogP contribution in [0, 0.1) is 5.92 Å². The lowest BCUT2D eigenvalue weighted by atomic mass is 9.96. The summed E-state index contributed by atoms with van der Waals surface area (Å²) in [7, 11) is 0. The number of nitrogens with two attached hydrogens (primary N) is 1. The Bertz CT molecular complexity index is 384. The van der Waals surface area contributed by atoms with Gasteiger partial charge in [-0.2, -0.15) is 13.2 Å². The Morgan fingerprint density at radius 3 is 2.18 bits per heavy atom. The van der Waals surface area contributed by atoms with Crippen LogP contribution in [0.25, 0.3) is 0 Å². The molecule has 0 heterocycles. The molecule has 1 atom stereocenters. The summed E-state index contributed by atoms with van der Waals surface area (Å²) in [5.41, 5.74) is 5.17. The van der Waals surface area contributed by atoms with Crippen molar-refractivity contribution in [2.24, 2.45) is 11.7 Å². The fourth-order valence-electron chi connectivity index (χ4n) is 1.56. The van der Waals surface area contributed by atoms with Crippen molar-refractivity contribution >= 4 is 5.91 Å². The Morgan fingerprint density at radius 1 is 1.29 bits per heavy atom. The first kappa shape index (κ1) is 13.5. The van der Waals surface area contributed by atoms with Gasteiger partial charge in [-0.3, -0.25) is 4.79 Å². The number of alkyl halides is 3. The molecule has 1 aromatic rings. The summed E-state index contributed by atoms with van der Waals surface area (Å²) in [6, 6.07) is 4.80. The lowest BCUT2D eigenvalue weighted by Crippen LogP contribution is -2.24. The number of primary amides is 1. The second-order valence-corrected chi connectivity index (χ2v) is 3.91. The lowest BCUT2D eigenvalue weighted by molar-refractivity contribution is -0.137. The molecule has 2 N–H and O–H groups in total. The highest BCUT2D eigenvalue weighted by Crippen LogP contribution is 2.29. The number of rotatable bonds is 4. The summed E-state index contributed by atoms with van der Waals surface area (Å²) < 4.78 is 36.9. The fraction of sp³-hybridized carbons (Fsp3) is 0.417. The summed E-state index contributed by atoms with van der Waals surface area (Å²) in [5, 5.41) is 0. The van der Waals surface area contributed by atoms with Gasteiger partial charge in [0.1, 0.15) is 0 Å². The van der Waals surface area contributed by atoms with Gasteiger partial charge in [-0.1, -0.05) is 19.1 Å². The van der Waals surface area contributed by atoms with Crippen LogP contribution in [-0.2, 0) is 17.4 Å². The highest BCUT2D eigenvalue weighted by Gasteiger charge is 2.30. The van der Waals surface area contributed by atoms with Gasteiger partial charge in [0.05, 0.1) is 5.56 Å². The molecule has 17 heavy (non-hydrogen) atoms. The zero-order valence-corrected chi connectivity index (χ0v) is 9.42. The molecule has 0 radical (unpaired) electrons. The predicted octanol–water partition coefficient (Wildman–Crippen LogP) is 2.76. The van der Waals surface area contributed by atoms with Gasteiger partial charge in [0, 0.05) is 5.92 Å². The third kappa shape index (κ3) is 3.76. The van der Waals surface area contributed by atoms with E-state index in [1.165, 1.54) is 12.1 Å². The van der Waals surface area contributed by atoms with Crippen LogP contribution in [0.1, 0.15) is 24.5 Å². The van der Waals surface area contributed by atoms with Crippen LogP contribution in [0.15, 0.2) is 24.3 Å². The van der Waals surface area contributed by atoms with Gasteiger partial charge in [0.25, 0.3) is 0 Å². The monoisotopic (exact) mass is 245 g/mol. The van der Waals surface area contributed by atoms with Crippen molar-refractivity contribution in [2.75, 3.05) is 0 Å². The Morgan fingerprint density at radius 2 is 1.82 bits per heavy atom. The van der Waals surface area contributed by atoms with E-state index in [1.807, 2.05) is 6.92 Å². The Kier molecular flexibility index (Phi) is 4.15. The summed E-state index contributed by atoms with van der Waals surface area (Å²) in [6.45, 7) is 1.82. The minimum absolute atomic E-state index is 0.327. The molecule has 0 saturated carbocycles. The molecular formula is C12H14F3NO. The van der Waals surface area contributed by atoms with Crippen LogP contribution in [0.3, 0.4) is 0 Å². The van der Waals surface area contributed by atoms with Crippen LogP contribution in [0.2, 0.25) is 0 Å². The molecule has 0 aromatic heterocycles. The maximum atomic E-state index is 12.3. The summed E-state index contributed by atoms with van der Waals surface area (Å²) in [4.78, 5) is 11.0. The van der Waals surface area contributed by atoms with Gasteiger partial charge < -0.3 is 5.73 Å². The number of carbonyl (C=O) groups excluding carboxylic acids is 1. The number of hydrogen-bond acceptors (Lipinski definition) is 1. The molecule has 94 valence electrons. The molecular weight excluding hydrogens is 231 g/mol. The Labute approximate surface area is 97.6 Å². The average Bonchev–Trinajstić information content (AvgIpc) is 2.25. The van der Waals surface area contributed by atoms with Crippen molar-refractivity contribution in [1.29, 1.82) is 0 Å². The SMILES string of the molecule is CC[C@H](Cc1ccc(C(F)(F)F)cc1)C(N)=O. The minimum atomic E-state index is -4.33. The van der Waals surface area contributed by atoms with E-state index in [4.69, 9.17) is 5.73 Å². The Hall–Kier alpha value is -1.52. The molecule has 0 fully saturated rings. The first-order valence-corrected chi connectivity index (χ1v) is 5.30. The van der Waals surface area contributed by atoms with Crippen LogP contribution >= 0.6 is 0 Å². The van der Waals surface area contributed by atoms with Crippen LogP contribution in [0.5, 0.6) is 0 Å². The molecule has 0 saturated heterocycles. The minimum Gasteiger partial charge on any atom is -0.369 e. The van der Waals surface area contributed by atoms with Gasteiger partial charge in [-0.05, 0) is 30.5 Å². The van der Waals surface area contributed by atoms with Crippen LogP contribution in [0.4, 0.5) is 13.2 Å². The van der Waals surface area contributed by atoms with Crippen molar-refractivity contribution in [3.05, 3.63) is 35.4 Å². The predicted molar refractivity (Wildman–Crippen MR) is 58.1 cm³/mol. The average molecular weight is 245 g/mol. The fourth-order valence-corrected chi connectivity index (χ4v) is 1.56. The van der Waals surface area contributed by atoms with E-state index in [2.05, 4.69) is 0 Å². The van der Waals surface area contributed by atoms with Gasteiger partial charge in [-0.15, -0.1) is 0 Å². The van der Waals surface area contributed by atoms with E-state index in [1.54, 1.807) is 0 Å². The number of hydrogen-bond donors (Lipinski definition) is 1. The normalized spacial score (nSPS) is 13.4. The van der Waals surface area contributed by atoms with E-state index in [0.717, 1.165) is 12.1 Å². The number of benzene rings is 1. The van der Waals surface area contributed by atoms with Crippen LogP contribution < -0.4 is 5.73 Å². The highest BCUT2D eigenvalue weighted by atomic mass is 19.4. The number of halogens is 3. The van der Waals surface area contributed by atoms with Crippen molar-refractivity contribution in [1.82, 2.24) is 0 Å². The quantitative estimate of drug-likeness (QED) is 0.870. The molecule has 0 aliphatic heterocycles.